The molecule has 2 aromatic rings. The molecule has 0 saturated carbocycles. The van der Waals surface area contributed by atoms with Crippen LogP contribution >= 0.6 is 0 Å². The standard InChI is InChI=1S/C22H30N4O2/c1-16-14-20(23-25(16)3)22(27)24(2)19-7-11-26(12-8-19)10-6-17-4-5-21-18(15-17)9-13-28-21/h4-5,14-15,19H,6-13H2,1-3H3. The van der Waals surface area contributed by atoms with Crippen LogP contribution in [0.5, 0.6) is 5.75 Å². The van der Waals surface area contributed by atoms with Gasteiger partial charge >= 0.3 is 0 Å². The Morgan fingerprint density at radius 1 is 1.29 bits per heavy atom. The molecule has 150 valence electrons. The number of hydrogen-bond acceptors (Lipinski definition) is 4. The van der Waals surface area contributed by atoms with Gasteiger partial charge in [-0.05, 0) is 49.4 Å². The molecule has 0 unspecified atom stereocenters. The Morgan fingerprint density at radius 2 is 2.07 bits per heavy atom. The Balaban J connectivity index is 1.26. The first-order valence-electron chi connectivity index (χ1n) is 10.3. The van der Waals surface area contributed by atoms with E-state index in [9.17, 15) is 4.79 Å². The fraction of sp³-hybridized carbons (Fsp3) is 0.545. The van der Waals surface area contributed by atoms with Crippen LogP contribution in [0.25, 0.3) is 0 Å². The molecule has 1 saturated heterocycles. The van der Waals surface area contributed by atoms with Gasteiger partial charge in [-0.25, -0.2) is 0 Å². The van der Waals surface area contributed by atoms with Crippen molar-refractivity contribution in [2.24, 2.45) is 7.05 Å². The molecule has 0 atom stereocenters. The highest BCUT2D eigenvalue weighted by atomic mass is 16.5. The van der Waals surface area contributed by atoms with E-state index in [-0.39, 0.29) is 5.91 Å². The van der Waals surface area contributed by atoms with Crippen molar-refractivity contribution in [3.05, 3.63) is 46.8 Å². The number of carbonyl (C=O) groups is 1. The number of benzene rings is 1. The maximum absolute atomic E-state index is 12.7. The summed E-state index contributed by atoms with van der Waals surface area (Å²) in [5, 5.41) is 4.33. The topological polar surface area (TPSA) is 50.6 Å². The third-order valence-electron chi connectivity index (χ3n) is 6.23. The number of piperidine rings is 1. The van der Waals surface area contributed by atoms with Crippen molar-refractivity contribution >= 4 is 5.91 Å². The van der Waals surface area contributed by atoms with Crippen molar-refractivity contribution in [1.29, 1.82) is 0 Å². The second kappa shape index (κ2) is 7.95. The monoisotopic (exact) mass is 382 g/mol. The molecule has 4 rings (SSSR count). The number of likely N-dealkylation sites (tertiary alicyclic amines) is 1. The summed E-state index contributed by atoms with van der Waals surface area (Å²) in [4.78, 5) is 17.1. The van der Waals surface area contributed by atoms with Crippen molar-refractivity contribution in [3.63, 3.8) is 0 Å². The number of fused-ring (bicyclic) bond motifs is 1. The summed E-state index contributed by atoms with van der Waals surface area (Å²) in [5.41, 5.74) is 4.29. The number of aryl methyl sites for hydroxylation is 2. The number of ether oxygens (including phenoxy) is 1. The lowest BCUT2D eigenvalue weighted by Gasteiger charge is -2.36. The van der Waals surface area contributed by atoms with Crippen molar-refractivity contribution in [1.82, 2.24) is 19.6 Å². The van der Waals surface area contributed by atoms with Gasteiger partial charge in [0, 0.05) is 51.9 Å². The highest BCUT2D eigenvalue weighted by molar-refractivity contribution is 5.92. The van der Waals surface area contributed by atoms with E-state index in [1.165, 1.54) is 11.1 Å². The first-order valence-corrected chi connectivity index (χ1v) is 10.3. The lowest BCUT2D eigenvalue weighted by molar-refractivity contribution is 0.0637. The molecule has 6 nitrogen and oxygen atoms in total. The molecule has 2 aliphatic rings. The summed E-state index contributed by atoms with van der Waals surface area (Å²) in [7, 11) is 3.79. The van der Waals surface area contributed by atoms with E-state index < -0.39 is 0 Å². The number of amides is 1. The van der Waals surface area contributed by atoms with Gasteiger partial charge in [0.05, 0.1) is 6.61 Å². The Labute approximate surface area is 167 Å². The second-order valence-corrected chi connectivity index (χ2v) is 8.07. The smallest absolute Gasteiger partial charge is 0.274 e. The zero-order chi connectivity index (χ0) is 19.7. The van der Waals surface area contributed by atoms with E-state index >= 15 is 0 Å². The largest absolute Gasteiger partial charge is 0.493 e. The Hall–Kier alpha value is -2.34. The molecule has 1 aromatic heterocycles. The van der Waals surface area contributed by atoms with Gasteiger partial charge in [-0.3, -0.25) is 9.48 Å². The fourth-order valence-electron chi connectivity index (χ4n) is 4.22. The molecular formula is C22H30N4O2. The predicted octanol–water partition coefficient (Wildman–Crippen LogP) is 2.44. The number of carbonyl (C=O) groups excluding carboxylic acids is 1. The van der Waals surface area contributed by atoms with Crippen LogP contribution in [0.2, 0.25) is 0 Å². The van der Waals surface area contributed by atoms with Crippen LogP contribution in [-0.2, 0) is 19.9 Å². The molecular weight excluding hydrogens is 352 g/mol. The predicted molar refractivity (Wildman–Crippen MR) is 109 cm³/mol. The second-order valence-electron chi connectivity index (χ2n) is 8.07. The maximum Gasteiger partial charge on any atom is 0.274 e. The number of rotatable bonds is 5. The molecule has 1 aromatic carbocycles. The summed E-state index contributed by atoms with van der Waals surface area (Å²) in [6.07, 6.45) is 4.14. The lowest BCUT2D eigenvalue weighted by atomic mass is 10.0. The molecule has 1 fully saturated rings. The zero-order valence-electron chi connectivity index (χ0n) is 17.1. The summed E-state index contributed by atoms with van der Waals surface area (Å²) < 4.78 is 7.35. The van der Waals surface area contributed by atoms with Gasteiger partial charge in [0.2, 0.25) is 0 Å². The Bertz CT molecular complexity index is 833. The molecule has 3 heterocycles. The Morgan fingerprint density at radius 3 is 2.79 bits per heavy atom. The van der Waals surface area contributed by atoms with Crippen molar-refractivity contribution in [2.75, 3.05) is 33.3 Å². The summed E-state index contributed by atoms with van der Waals surface area (Å²) in [6, 6.07) is 8.77. The molecule has 0 N–H and O–H groups in total. The van der Waals surface area contributed by atoms with Crippen LogP contribution in [0.1, 0.15) is 40.2 Å². The molecule has 0 spiro atoms. The number of hydrogen-bond donors (Lipinski definition) is 0. The molecule has 28 heavy (non-hydrogen) atoms. The average molecular weight is 383 g/mol. The van der Waals surface area contributed by atoms with Crippen LogP contribution in [0.15, 0.2) is 24.3 Å². The number of aromatic nitrogens is 2. The number of nitrogens with zero attached hydrogens (tertiary/aromatic N) is 4. The highest BCUT2D eigenvalue weighted by Gasteiger charge is 2.27. The van der Waals surface area contributed by atoms with Crippen LogP contribution in [-0.4, -0.2) is 64.8 Å². The van der Waals surface area contributed by atoms with E-state index in [1.807, 2.05) is 32.0 Å². The minimum Gasteiger partial charge on any atom is -0.493 e. The Kier molecular flexibility index (Phi) is 5.40. The zero-order valence-corrected chi connectivity index (χ0v) is 17.1. The van der Waals surface area contributed by atoms with Crippen LogP contribution in [0, 0.1) is 6.92 Å². The van der Waals surface area contributed by atoms with Crippen molar-refractivity contribution in [3.8, 4) is 5.75 Å². The molecule has 0 aliphatic carbocycles. The maximum atomic E-state index is 12.7. The summed E-state index contributed by atoms with van der Waals surface area (Å²) >= 11 is 0. The normalized spacial score (nSPS) is 17.4. The van der Waals surface area contributed by atoms with E-state index in [1.54, 1.807) is 4.68 Å². The fourth-order valence-corrected chi connectivity index (χ4v) is 4.22. The van der Waals surface area contributed by atoms with E-state index in [2.05, 4.69) is 28.2 Å². The van der Waals surface area contributed by atoms with Gasteiger partial charge < -0.3 is 14.5 Å². The van der Waals surface area contributed by atoms with Crippen molar-refractivity contribution in [2.45, 2.75) is 38.6 Å². The SMILES string of the molecule is Cc1cc(C(=O)N(C)C2CCN(CCc3ccc4c(c3)CCO4)CC2)nn1C. The highest BCUT2D eigenvalue weighted by Crippen LogP contribution is 2.26. The van der Waals surface area contributed by atoms with Gasteiger partial charge in [-0.15, -0.1) is 0 Å². The third-order valence-corrected chi connectivity index (χ3v) is 6.23. The molecule has 2 aliphatic heterocycles. The lowest BCUT2D eigenvalue weighted by Crippen LogP contribution is -2.46. The van der Waals surface area contributed by atoms with E-state index in [0.29, 0.717) is 11.7 Å². The minimum absolute atomic E-state index is 0.0301. The first-order chi connectivity index (χ1) is 13.5. The van der Waals surface area contributed by atoms with E-state index in [0.717, 1.165) is 63.4 Å². The molecule has 0 radical (unpaired) electrons. The van der Waals surface area contributed by atoms with Crippen LogP contribution < -0.4 is 4.74 Å². The quantitative estimate of drug-likeness (QED) is 0.797. The van der Waals surface area contributed by atoms with Crippen molar-refractivity contribution < 1.29 is 9.53 Å². The van der Waals surface area contributed by atoms with Gasteiger partial charge in [-0.2, -0.15) is 5.10 Å². The molecule has 0 bridgehead atoms. The van der Waals surface area contributed by atoms with Gasteiger partial charge in [0.25, 0.3) is 5.91 Å². The van der Waals surface area contributed by atoms with Gasteiger partial charge in [0.15, 0.2) is 5.69 Å². The minimum atomic E-state index is 0.0301. The van der Waals surface area contributed by atoms with Crippen LogP contribution in [0.3, 0.4) is 0 Å². The van der Waals surface area contributed by atoms with E-state index in [4.69, 9.17) is 4.74 Å². The van der Waals surface area contributed by atoms with Gasteiger partial charge in [-0.1, -0.05) is 12.1 Å². The third kappa shape index (κ3) is 3.92. The molecule has 6 heteroatoms. The summed E-state index contributed by atoms with van der Waals surface area (Å²) in [5.74, 6) is 1.09. The summed E-state index contributed by atoms with van der Waals surface area (Å²) in [6.45, 7) is 5.94. The average Bonchev–Trinajstić information content (AvgIpc) is 3.31. The van der Waals surface area contributed by atoms with Gasteiger partial charge in [0.1, 0.15) is 5.75 Å². The first kappa shape index (κ1) is 19.0. The van der Waals surface area contributed by atoms with Crippen LogP contribution in [0.4, 0.5) is 0 Å². The molecule has 1 amide bonds.